The second-order valence-corrected chi connectivity index (χ2v) is 8.73. The molecular formula is C30H34N2O8. The number of carbonyl (C=O) groups excluding carboxylic acids is 4. The van der Waals surface area contributed by atoms with E-state index in [0.717, 1.165) is 0 Å². The smallest absolute Gasteiger partial charge is 0.330 e. The Morgan fingerprint density at radius 3 is 1.27 bits per heavy atom. The summed E-state index contributed by atoms with van der Waals surface area (Å²) in [5.74, 6) is -0.774. The van der Waals surface area contributed by atoms with Crippen LogP contribution in [0.25, 0.3) is 0 Å². The van der Waals surface area contributed by atoms with Gasteiger partial charge in [-0.3, -0.25) is 19.4 Å². The quantitative estimate of drug-likeness (QED) is 0.251. The summed E-state index contributed by atoms with van der Waals surface area (Å²) < 4.78 is 20.2. The molecule has 2 amide bonds. The topological polar surface area (TPSA) is 112 Å². The van der Waals surface area contributed by atoms with Crippen LogP contribution in [-0.2, 0) is 28.7 Å². The van der Waals surface area contributed by atoms with E-state index >= 15 is 0 Å². The second-order valence-electron chi connectivity index (χ2n) is 8.73. The Hall–Kier alpha value is -4.60. The maximum absolute atomic E-state index is 12.1. The van der Waals surface area contributed by atoms with Crippen LogP contribution in [0.3, 0.4) is 0 Å². The number of rotatable bonds is 10. The molecule has 0 N–H and O–H groups in total. The molecule has 4 rings (SSSR count). The lowest BCUT2D eigenvalue weighted by Crippen LogP contribution is -2.64. The van der Waals surface area contributed by atoms with Gasteiger partial charge in [-0.25, -0.2) is 9.59 Å². The molecule has 4 atom stereocenters. The van der Waals surface area contributed by atoms with Crippen LogP contribution in [0.1, 0.15) is 13.8 Å². The normalized spacial score (nSPS) is 21.1. The van der Waals surface area contributed by atoms with E-state index in [9.17, 15) is 19.2 Å². The Labute approximate surface area is 233 Å². The minimum absolute atomic E-state index is 0.150. The van der Waals surface area contributed by atoms with Gasteiger partial charge in [0.2, 0.25) is 11.8 Å². The third kappa shape index (κ3) is 5.85. The summed E-state index contributed by atoms with van der Waals surface area (Å²) in [6, 6.07) is 12.7. The highest BCUT2D eigenvalue weighted by atomic mass is 16.5. The predicted octanol–water partition coefficient (Wildman–Crippen LogP) is 3.55. The highest BCUT2D eigenvalue weighted by Crippen LogP contribution is 2.36. The molecule has 0 bridgehead atoms. The Balaban J connectivity index is 0.000000220. The zero-order chi connectivity index (χ0) is 29.4. The number of nitrogens with zero attached hydrogens (tertiary/aromatic N) is 2. The lowest BCUT2D eigenvalue weighted by molar-refractivity contribution is -0.152. The molecule has 0 spiro atoms. The number of esters is 2. The van der Waals surface area contributed by atoms with Gasteiger partial charge >= 0.3 is 11.9 Å². The highest BCUT2D eigenvalue weighted by molar-refractivity contribution is 6.12. The van der Waals surface area contributed by atoms with Gasteiger partial charge in [-0.05, 0) is 62.4 Å². The number of carbonyl (C=O) groups is 4. The first kappa shape index (κ1) is 29.9. The minimum Gasteiger partial charge on any atom is -0.497 e. The SMILES string of the molecule is C=CC1C(=O)N(c2ccc(OC)cc2)C1C(=O)OCC.C=CC1C(=O)N(c2ccc(OC)cc2)C1C(=O)OCC. The molecular weight excluding hydrogens is 516 g/mol. The number of hydrogen-bond donors (Lipinski definition) is 0. The van der Waals surface area contributed by atoms with Crippen molar-refractivity contribution in [1.82, 2.24) is 0 Å². The van der Waals surface area contributed by atoms with Crippen molar-refractivity contribution < 1.29 is 38.1 Å². The fourth-order valence-electron chi connectivity index (χ4n) is 4.50. The van der Waals surface area contributed by atoms with Crippen LogP contribution in [0, 0.1) is 11.8 Å². The van der Waals surface area contributed by atoms with Crippen LogP contribution in [0.5, 0.6) is 11.5 Å². The molecule has 0 aromatic heterocycles. The standard InChI is InChI=1S/2C15H17NO4/c2*1-4-12-13(15(18)20-5-2)16(14(12)17)10-6-8-11(19-3)9-7-10/h2*4,6-9,12-13H,1,5H2,2-3H3. The predicted molar refractivity (Wildman–Crippen MR) is 149 cm³/mol. The van der Waals surface area contributed by atoms with Crippen molar-refractivity contribution >= 4 is 35.1 Å². The van der Waals surface area contributed by atoms with E-state index in [1.807, 2.05) is 0 Å². The van der Waals surface area contributed by atoms with Crippen LogP contribution in [-0.4, -0.2) is 63.3 Å². The summed E-state index contributed by atoms with van der Waals surface area (Å²) in [5.41, 5.74) is 1.29. The average Bonchev–Trinajstić information content (AvgIpc) is 2.96. The van der Waals surface area contributed by atoms with E-state index in [1.54, 1.807) is 76.6 Å². The van der Waals surface area contributed by atoms with Crippen molar-refractivity contribution in [3.05, 3.63) is 73.8 Å². The third-order valence-electron chi connectivity index (χ3n) is 6.55. The first-order chi connectivity index (χ1) is 19.3. The molecule has 2 heterocycles. The van der Waals surface area contributed by atoms with Gasteiger partial charge in [0.15, 0.2) is 0 Å². The van der Waals surface area contributed by atoms with Crippen LogP contribution < -0.4 is 19.3 Å². The first-order valence-corrected chi connectivity index (χ1v) is 12.8. The molecule has 0 radical (unpaired) electrons. The molecule has 2 aliphatic heterocycles. The van der Waals surface area contributed by atoms with E-state index in [4.69, 9.17) is 18.9 Å². The van der Waals surface area contributed by atoms with Gasteiger partial charge < -0.3 is 18.9 Å². The summed E-state index contributed by atoms with van der Waals surface area (Å²) in [7, 11) is 3.14. The van der Waals surface area contributed by atoms with Gasteiger partial charge in [-0.15, -0.1) is 13.2 Å². The third-order valence-corrected chi connectivity index (χ3v) is 6.55. The molecule has 10 nitrogen and oxygen atoms in total. The number of hydrogen-bond acceptors (Lipinski definition) is 8. The molecule has 0 aliphatic carbocycles. The lowest BCUT2D eigenvalue weighted by Gasteiger charge is -2.43. The molecule has 40 heavy (non-hydrogen) atoms. The molecule has 2 saturated heterocycles. The van der Waals surface area contributed by atoms with Crippen LogP contribution in [0.2, 0.25) is 0 Å². The van der Waals surface area contributed by atoms with Crippen molar-refractivity contribution in [2.24, 2.45) is 11.8 Å². The molecule has 4 unspecified atom stereocenters. The van der Waals surface area contributed by atoms with Crippen molar-refractivity contribution in [3.8, 4) is 11.5 Å². The molecule has 2 aromatic carbocycles. The largest absolute Gasteiger partial charge is 0.497 e. The molecule has 212 valence electrons. The number of methoxy groups -OCH3 is 2. The first-order valence-electron chi connectivity index (χ1n) is 12.8. The van der Waals surface area contributed by atoms with Crippen molar-refractivity contribution in [2.75, 3.05) is 37.2 Å². The Morgan fingerprint density at radius 2 is 1.02 bits per heavy atom. The van der Waals surface area contributed by atoms with Crippen molar-refractivity contribution in [1.29, 1.82) is 0 Å². The summed E-state index contributed by atoms with van der Waals surface area (Å²) in [4.78, 5) is 51.0. The number of anilines is 2. The minimum atomic E-state index is -0.631. The summed E-state index contributed by atoms with van der Waals surface area (Å²) in [6.07, 6.45) is 2.98. The molecule has 2 fully saturated rings. The van der Waals surface area contributed by atoms with Gasteiger partial charge in [0.1, 0.15) is 23.6 Å². The number of β-lactam (4-membered cyclic amide) rings is 2. The number of amides is 2. The van der Waals surface area contributed by atoms with E-state index in [-0.39, 0.29) is 25.0 Å². The molecule has 0 saturated carbocycles. The Bertz CT molecular complexity index is 1140. The van der Waals surface area contributed by atoms with E-state index in [2.05, 4.69) is 13.2 Å². The lowest BCUT2D eigenvalue weighted by atomic mass is 9.86. The van der Waals surface area contributed by atoms with Gasteiger partial charge in [0.05, 0.1) is 39.3 Å². The molecule has 10 heteroatoms. The van der Waals surface area contributed by atoms with E-state index in [1.165, 1.54) is 22.0 Å². The van der Waals surface area contributed by atoms with Crippen molar-refractivity contribution in [2.45, 2.75) is 25.9 Å². The fourth-order valence-corrected chi connectivity index (χ4v) is 4.50. The number of benzene rings is 2. The van der Waals surface area contributed by atoms with Gasteiger partial charge in [-0.1, -0.05) is 12.2 Å². The number of ether oxygens (including phenoxy) is 4. The summed E-state index contributed by atoms with van der Waals surface area (Å²) in [5, 5.41) is 0. The maximum Gasteiger partial charge on any atom is 0.330 e. The zero-order valence-corrected chi connectivity index (χ0v) is 23.1. The van der Waals surface area contributed by atoms with E-state index < -0.39 is 35.9 Å². The monoisotopic (exact) mass is 550 g/mol. The second kappa shape index (κ2) is 13.5. The summed E-state index contributed by atoms with van der Waals surface area (Å²) >= 11 is 0. The van der Waals surface area contributed by atoms with Gasteiger partial charge in [-0.2, -0.15) is 0 Å². The average molecular weight is 551 g/mol. The van der Waals surface area contributed by atoms with Crippen molar-refractivity contribution in [3.63, 3.8) is 0 Å². The Morgan fingerprint density at radius 1 is 0.700 bits per heavy atom. The fraction of sp³-hybridized carbons (Fsp3) is 0.333. The van der Waals surface area contributed by atoms with Crippen LogP contribution >= 0.6 is 0 Å². The van der Waals surface area contributed by atoms with Crippen LogP contribution in [0.15, 0.2) is 73.8 Å². The maximum atomic E-state index is 12.1. The van der Waals surface area contributed by atoms with E-state index in [0.29, 0.717) is 22.9 Å². The van der Waals surface area contributed by atoms with Gasteiger partial charge in [0, 0.05) is 11.4 Å². The highest BCUT2D eigenvalue weighted by Gasteiger charge is 2.52. The van der Waals surface area contributed by atoms with Crippen LogP contribution in [0.4, 0.5) is 11.4 Å². The van der Waals surface area contributed by atoms with Gasteiger partial charge in [0.25, 0.3) is 0 Å². The molecule has 2 aromatic rings. The molecule has 2 aliphatic rings. The summed E-state index contributed by atoms with van der Waals surface area (Å²) in [6.45, 7) is 11.2. The Kier molecular flexibility index (Phi) is 10.1. The zero-order valence-electron chi connectivity index (χ0n) is 23.1.